The smallest absolute Gasteiger partial charge is 0.108 e. The zero-order valence-corrected chi connectivity index (χ0v) is 11.0. The first-order chi connectivity index (χ1) is 9.74. The van der Waals surface area contributed by atoms with E-state index in [0.717, 1.165) is 34.0 Å². The van der Waals surface area contributed by atoms with Gasteiger partial charge in [0.1, 0.15) is 11.5 Å². The van der Waals surface area contributed by atoms with E-state index in [1.807, 2.05) is 36.4 Å². The summed E-state index contributed by atoms with van der Waals surface area (Å²) in [6, 6.07) is 11.3. The first-order valence-corrected chi connectivity index (χ1v) is 6.44. The molecule has 0 aliphatic rings. The van der Waals surface area contributed by atoms with Crippen molar-refractivity contribution in [2.75, 3.05) is 11.5 Å². The average molecular weight is 268 g/mol. The van der Waals surface area contributed by atoms with Crippen LogP contribution in [0.4, 0.5) is 11.4 Å². The molecule has 0 saturated carbocycles. The number of nitrogens with two attached hydrogens (primary N) is 2. The maximum atomic E-state index is 6.11. The number of nitrogen functional groups attached to an aromatic ring is 2. The fourth-order valence-electron chi connectivity index (χ4n) is 2.32. The van der Waals surface area contributed by atoms with Gasteiger partial charge in [-0.15, -0.1) is 0 Å². The lowest BCUT2D eigenvalue weighted by atomic mass is 9.96. The molecule has 3 aromatic rings. The molecule has 2 heterocycles. The van der Waals surface area contributed by atoms with E-state index < -0.39 is 0 Å². The van der Waals surface area contributed by atoms with Gasteiger partial charge in [0.05, 0.1) is 12.5 Å². The highest BCUT2D eigenvalue weighted by Gasteiger charge is 2.14. The lowest BCUT2D eigenvalue weighted by Crippen LogP contribution is -2.05. The van der Waals surface area contributed by atoms with Crippen molar-refractivity contribution >= 4 is 11.4 Å². The van der Waals surface area contributed by atoms with Crippen LogP contribution >= 0.6 is 0 Å². The standard InChI is InChI=1S/C16H16N2O2/c17-15-5-6-16(18)14(10-12-4-2-8-20-12)13(15)9-11-3-1-7-19-11/h1-8H,9-10,17-18H2. The van der Waals surface area contributed by atoms with Crippen molar-refractivity contribution in [3.8, 4) is 0 Å². The summed E-state index contributed by atoms with van der Waals surface area (Å²) in [5, 5.41) is 0. The zero-order valence-electron chi connectivity index (χ0n) is 11.0. The molecule has 0 aliphatic heterocycles. The van der Waals surface area contributed by atoms with Crippen molar-refractivity contribution in [3.63, 3.8) is 0 Å². The van der Waals surface area contributed by atoms with Crippen LogP contribution in [-0.4, -0.2) is 0 Å². The van der Waals surface area contributed by atoms with Crippen LogP contribution in [0.15, 0.2) is 57.8 Å². The maximum Gasteiger partial charge on any atom is 0.108 e. The second-order valence-electron chi connectivity index (χ2n) is 4.71. The van der Waals surface area contributed by atoms with Crippen LogP contribution in [0.1, 0.15) is 22.6 Å². The number of anilines is 2. The molecule has 0 amide bonds. The fraction of sp³-hybridized carbons (Fsp3) is 0.125. The summed E-state index contributed by atoms with van der Waals surface area (Å²) in [6.07, 6.45) is 4.56. The summed E-state index contributed by atoms with van der Waals surface area (Å²) in [5.41, 5.74) is 15.6. The third kappa shape index (κ3) is 2.40. The Morgan fingerprint density at radius 1 is 0.700 bits per heavy atom. The van der Waals surface area contributed by atoms with E-state index in [2.05, 4.69) is 0 Å². The van der Waals surface area contributed by atoms with Gasteiger partial charge in [-0.2, -0.15) is 0 Å². The van der Waals surface area contributed by atoms with Crippen molar-refractivity contribution in [1.29, 1.82) is 0 Å². The maximum absolute atomic E-state index is 6.11. The molecule has 4 N–H and O–H groups in total. The molecule has 4 nitrogen and oxygen atoms in total. The summed E-state index contributed by atoms with van der Waals surface area (Å²) in [6.45, 7) is 0. The van der Waals surface area contributed by atoms with Crippen LogP contribution in [0.2, 0.25) is 0 Å². The highest BCUT2D eigenvalue weighted by Crippen LogP contribution is 2.28. The van der Waals surface area contributed by atoms with Gasteiger partial charge >= 0.3 is 0 Å². The molecule has 0 unspecified atom stereocenters. The van der Waals surface area contributed by atoms with Gasteiger partial charge in [-0.25, -0.2) is 0 Å². The van der Waals surface area contributed by atoms with Crippen LogP contribution in [-0.2, 0) is 12.8 Å². The molecule has 0 bridgehead atoms. The molecule has 0 radical (unpaired) electrons. The van der Waals surface area contributed by atoms with Crippen molar-refractivity contribution in [1.82, 2.24) is 0 Å². The van der Waals surface area contributed by atoms with Crippen LogP contribution in [0.3, 0.4) is 0 Å². The SMILES string of the molecule is Nc1ccc(N)c(Cc2ccco2)c1Cc1ccco1. The molecule has 102 valence electrons. The number of furan rings is 2. The third-order valence-corrected chi connectivity index (χ3v) is 3.37. The monoisotopic (exact) mass is 268 g/mol. The van der Waals surface area contributed by atoms with E-state index in [1.54, 1.807) is 12.5 Å². The Kier molecular flexibility index (Phi) is 3.21. The third-order valence-electron chi connectivity index (χ3n) is 3.37. The summed E-state index contributed by atoms with van der Waals surface area (Å²) in [7, 11) is 0. The van der Waals surface area contributed by atoms with Gasteiger partial charge in [0.25, 0.3) is 0 Å². The molecule has 0 spiro atoms. The molecule has 4 heteroatoms. The predicted octanol–water partition coefficient (Wildman–Crippen LogP) is 3.22. The van der Waals surface area contributed by atoms with Crippen molar-refractivity contribution < 1.29 is 8.83 Å². The van der Waals surface area contributed by atoms with Gasteiger partial charge < -0.3 is 20.3 Å². The molecule has 0 aliphatic carbocycles. The van der Waals surface area contributed by atoms with E-state index in [-0.39, 0.29) is 0 Å². The van der Waals surface area contributed by atoms with E-state index >= 15 is 0 Å². The van der Waals surface area contributed by atoms with E-state index in [4.69, 9.17) is 20.3 Å². The molecule has 0 atom stereocenters. The molecular weight excluding hydrogens is 252 g/mol. The Morgan fingerprint density at radius 2 is 1.15 bits per heavy atom. The average Bonchev–Trinajstić information content (AvgIpc) is 3.11. The number of benzene rings is 1. The fourth-order valence-corrected chi connectivity index (χ4v) is 2.32. The Morgan fingerprint density at radius 3 is 1.50 bits per heavy atom. The van der Waals surface area contributed by atoms with Crippen molar-refractivity contribution in [2.45, 2.75) is 12.8 Å². The highest BCUT2D eigenvalue weighted by molar-refractivity contribution is 5.63. The number of hydrogen-bond donors (Lipinski definition) is 2. The lowest BCUT2D eigenvalue weighted by molar-refractivity contribution is 0.515. The molecule has 2 aromatic heterocycles. The van der Waals surface area contributed by atoms with Crippen LogP contribution in [0.5, 0.6) is 0 Å². The minimum Gasteiger partial charge on any atom is -0.469 e. The second-order valence-corrected chi connectivity index (χ2v) is 4.71. The Labute approximate surface area is 117 Å². The summed E-state index contributed by atoms with van der Waals surface area (Å²) in [5.74, 6) is 1.73. The molecule has 0 saturated heterocycles. The second kappa shape index (κ2) is 5.17. The van der Waals surface area contributed by atoms with Crippen LogP contribution in [0, 0.1) is 0 Å². The van der Waals surface area contributed by atoms with Gasteiger partial charge in [0.2, 0.25) is 0 Å². The molecule has 3 rings (SSSR count). The lowest BCUT2D eigenvalue weighted by Gasteiger charge is -2.13. The predicted molar refractivity (Wildman–Crippen MR) is 78.3 cm³/mol. The van der Waals surface area contributed by atoms with E-state index in [0.29, 0.717) is 12.8 Å². The quantitative estimate of drug-likeness (QED) is 0.712. The first kappa shape index (κ1) is 12.4. The van der Waals surface area contributed by atoms with Crippen molar-refractivity contribution in [3.05, 3.63) is 71.6 Å². The van der Waals surface area contributed by atoms with E-state index in [1.165, 1.54) is 0 Å². The van der Waals surface area contributed by atoms with Gasteiger partial charge in [-0.1, -0.05) is 0 Å². The van der Waals surface area contributed by atoms with Crippen molar-refractivity contribution in [2.24, 2.45) is 0 Å². The Hall–Kier alpha value is -2.62. The largest absolute Gasteiger partial charge is 0.469 e. The van der Waals surface area contributed by atoms with Crippen LogP contribution in [0.25, 0.3) is 0 Å². The van der Waals surface area contributed by atoms with E-state index in [9.17, 15) is 0 Å². The van der Waals surface area contributed by atoms with Gasteiger partial charge in [-0.3, -0.25) is 0 Å². The van der Waals surface area contributed by atoms with Crippen LogP contribution < -0.4 is 11.5 Å². The minimum atomic E-state index is 0.625. The zero-order chi connectivity index (χ0) is 13.9. The summed E-state index contributed by atoms with van der Waals surface area (Å²) < 4.78 is 10.8. The molecule has 1 aromatic carbocycles. The Bertz CT molecular complexity index is 624. The molecule has 20 heavy (non-hydrogen) atoms. The van der Waals surface area contributed by atoms with Gasteiger partial charge in [0.15, 0.2) is 0 Å². The normalized spacial score (nSPS) is 10.8. The van der Waals surface area contributed by atoms with Gasteiger partial charge in [0, 0.05) is 24.2 Å². The minimum absolute atomic E-state index is 0.625. The number of rotatable bonds is 4. The first-order valence-electron chi connectivity index (χ1n) is 6.44. The highest BCUT2D eigenvalue weighted by atomic mass is 16.3. The summed E-state index contributed by atoms with van der Waals surface area (Å²) >= 11 is 0. The Balaban J connectivity index is 2.00. The molecular formula is C16H16N2O2. The topological polar surface area (TPSA) is 78.3 Å². The summed E-state index contributed by atoms with van der Waals surface area (Å²) in [4.78, 5) is 0. The number of hydrogen-bond acceptors (Lipinski definition) is 4. The van der Waals surface area contributed by atoms with Gasteiger partial charge in [-0.05, 0) is 47.5 Å². The molecule has 0 fully saturated rings.